The fraction of sp³-hybridized carbons (Fsp3) is 0.143. The SMILES string of the molecule is Nc1nc(C(=O)Cl)c(F)cc1C(F)F. The largest absolute Gasteiger partial charge is 0.383 e. The third-order valence-electron chi connectivity index (χ3n) is 1.46. The summed E-state index contributed by atoms with van der Waals surface area (Å²) in [5.74, 6) is -1.82. The lowest BCUT2D eigenvalue weighted by Crippen LogP contribution is -2.06. The second-order valence-electron chi connectivity index (χ2n) is 2.37. The normalized spacial score (nSPS) is 10.6. The molecule has 0 saturated heterocycles. The quantitative estimate of drug-likeness (QED) is 0.783. The number of pyridine rings is 1. The molecule has 0 saturated carbocycles. The highest BCUT2D eigenvalue weighted by atomic mass is 35.5. The second-order valence-corrected chi connectivity index (χ2v) is 2.71. The molecule has 2 N–H and O–H groups in total. The zero-order chi connectivity index (χ0) is 10.9. The summed E-state index contributed by atoms with van der Waals surface area (Å²) in [5, 5.41) is -1.19. The number of halogens is 4. The first kappa shape index (κ1) is 10.8. The summed E-state index contributed by atoms with van der Waals surface area (Å²) in [6.45, 7) is 0. The number of alkyl halides is 2. The Balaban J connectivity index is 3.31. The van der Waals surface area contributed by atoms with Crippen LogP contribution in [0.4, 0.5) is 19.0 Å². The number of hydrogen-bond donors (Lipinski definition) is 1. The number of nitrogens with zero attached hydrogens (tertiary/aromatic N) is 1. The molecule has 1 aromatic heterocycles. The minimum Gasteiger partial charge on any atom is -0.383 e. The van der Waals surface area contributed by atoms with Crippen LogP contribution < -0.4 is 5.73 Å². The van der Waals surface area contributed by atoms with Crippen molar-refractivity contribution >= 4 is 22.7 Å². The molecule has 14 heavy (non-hydrogen) atoms. The lowest BCUT2D eigenvalue weighted by Gasteiger charge is -2.05. The van der Waals surface area contributed by atoms with Crippen molar-refractivity contribution in [2.24, 2.45) is 0 Å². The van der Waals surface area contributed by atoms with Gasteiger partial charge in [-0.2, -0.15) is 0 Å². The van der Waals surface area contributed by atoms with E-state index in [-0.39, 0.29) is 0 Å². The Morgan fingerprint density at radius 1 is 1.57 bits per heavy atom. The molecular weight excluding hydrogens is 221 g/mol. The Morgan fingerprint density at radius 3 is 2.57 bits per heavy atom. The summed E-state index contributed by atoms with van der Waals surface area (Å²) in [7, 11) is 0. The van der Waals surface area contributed by atoms with Crippen molar-refractivity contribution < 1.29 is 18.0 Å². The first-order chi connectivity index (χ1) is 6.43. The fourth-order valence-corrected chi connectivity index (χ4v) is 0.962. The summed E-state index contributed by atoms with van der Waals surface area (Å²) in [5.41, 5.74) is 3.54. The Kier molecular flexibility index (Phi) is 2.95. The van der Waals surface area contributed by atoms with Crippen LogP contribution in [0.5, 0.6) is 0 Å². The van der Waals surface area contributed by atoms with Gasteiger partial charge in [0.25, 0.3) is 11.7 Å². The minimum absolute atomic E-state index is 0.447. The number of hydrogen-bond acceptors (Lipinski definition) is 3. The maximum Gasteiger partial charge on any atom is 0.273 e. The Labute approximate surface area is 81.7 Å². The van der Waals surface area contributed by atoms with E-state index in [0.717, 1.165) is 0 Å². The van der Waals surface area contributed by atoms with Crippen molar-refractivity contribution in [1.29, 1.82) is 0 Å². The molecule has 1 aromatic rings. The van der Waals surface area contributed by atoms with E-state index in [2.05, 4.69) is 4.98 Å². The Hall–Kier alpha value is -1.30. The van der Waals surface area contributed by atoms with Gasteiger partial charge in [-0.05, 0) is 17.7 Å². The summed E-state index contributed by atoms with van der Waals surface area (Å²) in [4.78, 5) is 13.7. The van der Waals surface area contributed by atoms with Crippen LogP contribution in [0.15, 0.2) is 6.07 Å². The van der Waals surface area contributed by atoms with E-state index >= 15 is 0 Å². The molecule has 0 bridgehead atoms. The average molecular weight is 225 g/mol. The van der Waals surface area contributed by atoms with Crippen LogP contribution in [0.1, 0.15) is 22.5 Å². The van der Waals surface area contributed by atoms with Crippen molar-refractivity contribution in [3.8, 4) is 0 Å². The number of nitrogen functional groups attached to an aromatic ring is 1. The van der Waals surface area contributed by atoms with Gasteiger partial charge in [0.15, 0.2) is 11.5 Å². The van der Waals surface area contributed by atoms with Gasteiger partial charge >= 0.3 is 0 Å². The zero-order valence-corrected chi connectivity index (χ0v) is 7.36. The second kappa shape index (κ2) is 3.83. The molecule has 1 heterocycles. The van der Waals surface area contributed by atoms with Gasteiger partial charge in [-0.25, -0.2) is 18.2 Å². The molecule has 76 valence electrons. The molecule has 0 amide bonds. The third-order valence-corrected chi connectivity index (χ3v) is 1.64. The molecule has 0 radical (unpaired) electrons. The smallest absolute Gasteiger partial charge is 0.273 e. The Morgan fingerprint density at radius 2 is 2.14 bits per heavy atom. The third kappa shape index (κ3) is 1.95. The van der Waals surface area contributed by atoms with Crippen LogP contribution in [-0.2, 0) is 0 Å². The monoisotopic (exact) mass is 224 g/mol. The summed E-state index contributed by atoms with van der Waals surface area (Å²) in [6, 6.07) is 0.447. The van der Waals surface area contributed by atoms with Crippen LogP contribution in [0.25, 0.3) is 0 Å². The van der Waals surface area contributed by atoms with E-state index in [1.807, 2.05) is 0 Å². The van der Waals surface area contributed by atoms with Crippen LogP contribution >= 0.6 is 11.6 Å². The molecule has 0 aliphatic rings. The first-order valence-electron chi connectivity index (χ1n) is 3.37. The number of anilines is 1. The molecule has 0 aromatic carbocycles. The van der Waals surface area contributed by atoms with Gasteiger partial charge in [-0.1, -0.05) is 0 Å². The molecule has 0 unspecified atom stereocenters. The molecule has 7 heteroatoms. The van der Waals surface area contributed by atoms with Gasteiger partial charge in [0.2, 0.25) is 0 Å². The highest BCUT2D eigenvalue weighted by Crippen LogP contribution is 2.25. The maximum absolute atomic E-state index is 12.9. The first-order valence-corrected chi connectivity index (χ1v) is 3.75. The van der Waals surface area contributed by atoms with E-state index in [1.54, 1.807) is 0 Å². The van der Waals surface area contributed by atoms with E-state index < -0.39 is 34.6 Å². The molecule has 1 rings (SSSR count). The summed E-state index contributed by atoms with van der Waals surface area (Å²) < 4.78 is 37.2. The van der Waals surface area contributed by atoms with Gasteiger partial charge < -0.3 is 5.73 Å². The lowest BCUT2D eigenvalue weighted by atomic mass is 10.2. The maximum atomic E-state index is 12.9. The number of aromatic nitrogens is 1. The Bertz CT molecular complexity index is 383. The standard InChI is InChI=1S/C7H4ClF3N2O/c8-5(14)4-3(9)1-2(6(10)11)7(12)13-4/h1,6H,(H2,12,13). The molecule has 0 aliphatic carbocycles. The van der Waals surface area contributed by atoms with Gasteiger partial charge in [0, 0.05) is 0 Å². The average Bonchev–Trinajstić information content (AvgIpc) is 2.07. The number of rotatable bonds is 2. The predicted octanol–water partition coefficient (Wildman–Crippen LogP) is 2.12. The predicted molar refractivity (Wildman–Crippen MR) is 43.7 cm³/mol. The summed E-state index contributed by atoms with van der Waals surface area (Å²) in [6.07, 6.45) is -2.95. The van der Waals surface area contributed by atoms with Crippen LogP contribution in [0.3, 0.4) is 0 Å². The van der Waals surface area contributed by atoms with Crippen LogP contribution in [0, 0.1) is 5.82 Å². The minimum atomic E-state index is -2.95. The van der Waals surface area contributed by atoms with Gasteiger partial charge in [-0.15, -0.1) is 0 Å². The van der Waals surface area contributed by atoms with Crippen molar-refractivity contribution in [3.05, 3.63) is 23.1 Å². The number of nitrogens with two attached hydrogens (primary N) is 1. The number of carbonyl (C=O) groups is 1. The van der Waals surface area contributed by atoms with E-state index in [1.165, 1.54) is 0 Å². The fourth-order valence-electron chi connectivity index (χ4n) is 0.830. The van der Waals surface area contributed by atoms with Crippen molar-refractivity contribution in [2.45, 2.75) is 6.43 Å². The highest BCUT2D eigenvalue weighted by molar-refractivity contribution is 6.67. The molecular formula is C7H4ClF3N2O. The topological polar surface area (TPSA) is 56.0 Å². The van der Waals surface area contributed by atoms with Crippen LogP contribution in [-0.4, -0.2) is 10.2 Å². The highest BCUT2D eigenvalue weighted by Gasteiger charge is 2.19. The van der Waals surface area contributed by atoms with Crippen LogP contribution in [0.2, 0.25) is 0 Å². The molecule has 0 fully saturated rings. The molecule has 0 aliphatic heterocycles. The van der Waals surface area contributed by atoms with Crippen molar-refractivity contribution in [2.75, 3.05) is 5.73 Å². The molecule has 0 spiro atoms. The number of carbonyl (C=O) groups excluding carboxylic acids is 1. The van der Waals surface area contributed by atoms with E-state index in [0.29, 0.717) is 6.07 Å². The van der Waals surface area contributed by atoms with Gasteiger partial charge in [0.1, 0.15) is 5.82 Å². The van der Waals surface area contributed by atoms with E-state index in [9.17, 15) is 18.0 Å². The van der Waals surface area contributed by atoms with E-state index in [4.69, 9.17) is 17.3 Å². The van der Waals surface area contributed by atoms with Crippen molar-refractivity contribution in [1.82, 2.24) is 4.98 Å². The lowest BCUT2D eigenvalue weighted by molar-refractivity contribution is 0.107. The van der Waals surface area contributed by atoms with Gasteiger partial charge in [-0.3, -0.25) is 4.79 Å². The molecule has 3 nitrogen and oxygen atoms in total. The summed E-state index contributed by atoms with van der Waals surface area (Å²) >= 11 is 4.93. The van der Waals surface area contributed by atoms with Crippen molar-refractivity contribution in [3.63, 3.8) is 0 Å². The zero-order valence-electron chi connectivity index (χ0n) is 6.60. The van der Waals surface area contributed by atoms with Gasteiger partial charge in [0.05, 0.1) is 5.56 Å². The molecule has 0 atom stereocenters.